The fourth-order valence-electron chi connectivity index (χ4n) is 7.64. The van der Waals surface area contributed by atoms with E-state index in [1.165, 1.54) is 19.9 Å². The molecule has 1 spiro atoms. The van der Waals surface area contributed by atoms with E-state index in [9.17, 15) is 24.6 Å². The summed E-state index contributed by atoms with van der Waals surface area (Å²) < 4.78 is 18.3. The Bertz CT molecular complexity index is 1060. The van der Waals surface area contributed by atoms with Gasteiger partial charge in [-0.2, -0.15) is 0 Å². The number of ether oxygens (including phenoxy) is 3. The smallest absolute Gasteiger partial charge is 0.303 e. The fraction of sp³-hybridized carbons (Fsp3) is 0.667. The number of carbonyl (C=O) groups is 3. The Balaban J connectivity index is 1.87. The molecule has 35 heavy (non-hydrogen) atoms. The number of benzene rings is 1. The number of aliphatic hydroxyl groups excluding tert-OH is 1. The van der Waals surface area contributed by atoms with Gasteiger partial charge in [0.15, 0.2) is 6.29 Å². The van der Waals surface area contributed by atoms with Gasteiger partial charge >= 0.3 is 11.9 Å². The predicted molar refractivity (Wildman–Crippen MR) is 126 cm³/mol. The molecule has 8 heteroatoms. The fourth-order valence-corrected chi connectivity index (χ4v) is 7.64. The molecule has 2 N–H and O–H groups in total. The monoisotopic (exact) mass is 488 g/mol. The van der Waals surface area contributed by atoms with Crippen LogP contribution in [-0.2, 0) is 32.1 Å². The number of aliphatic hydroxyl groups is 1. The molecular formula is C27H36O8. The van der Waals surface area contributed by atoms with Crippen molar-refractivity contribution in [2.45, 2.75) is 91.6 Å². The number of phenolic OH excluding ortho intramolecular Hbond substituents is 1. The number of aromatic hydroxyl groups is 1. The average molecular weight is 489 g/mol. The molecule has 1 aromatic carbocycles. The molecule has 0 saturated heterocycles. The lowest BCUT2D eigenvalue weighted by molar-refractivity contribution is -0.251. The number of carbonyl (C=O) groups excluding carboxylic acids is 3. The van der Waals surface area contributed by atoms with Gasteiger partial charge in [-0.05, 0) is 42.7 Å². The van der Waals surface area contributed by atoms with E-state index in [2.05, 4.69) is 13.8 Å². The van der Waals surface area contributed by atoms with Crippen LogP contribution in [0.5, 0.6) is 11.5 Å². The minimum atomic E-state index is -0.793. The highest BCUT2D eigenvalue weighted by atomic mass is 16.6. The Morgan fingerprint density at radius 1 is 1.17 bits per heavy atom. The van der Waals surface area contributed by atoms with Crippen molar-refractivity contribution in [3.05, 3.63) is 22.8 Å². The lowest BCUT2D eigenvalue weighted by Crippen LogP contribution is -2.70. The highest BCUT2D eigenvalue weighted by Crippen LogP contribution is 2.67. The maximum atomic E-state index is 12.1. The van der Waals surface area contributed by atoms with E-state index in [0.717, 1.165) is 12.8 Å². The first kappa shape index (κ1) is 25.5. The van der Waals surface area contributed by atoms with E-state index < -0.39 is 47.2 Å². The van der Waals surface area contributed by atoms with Gasteiger partial charge in [-0.1, -0.05) is 27.7 Å². The van der Waals surface area contributed by atoms with Gasteiger partial charge < -0.3 is 24.4 Å². The number of hydrogen-bond acceptors (Lipinski definition) is 8. The van der Waals surface area contributed by atoms with Crippen molar-refractivity contribution in [2.24, 2.45) is 22.7 Å². The summed E-state index contributed by atoms with van der Waals surface area (Å²) in [5.74, 6) is -0.464. The van der Waals surface area contributed by atoms with Crippen LogP contribution in [0.3, 0.4) is 0 Å². The summed E-state index contributed by atoms with van der Waals surface area (Å²) in [5, 5.41) is 20.6. The molecule has 8 nitrogen and oxygen atoms in total. The zero-order chi connectivity index (χ0) is 25.9. The topological polar surface area (TPSA) is 119 Å². The van der Waals surface area contributed by atoms with Crippen LogP contribution in [-0.4, -0.2) is 46.2 Å². The van der Waals surface area contributed by atoms with E-state index in [-0.39, 0.29) is 23.1 Å². The zero-order valence-electron chi connectivity index (χ0n) is 21.3. The molecule has 1 aromatic rings. The quantitative estimate of drug-likeness (QED) is 0.486. The zero-order valence-corrected chi connectivity index (χ0v) is 21.3. The van der Waals surface area contributed by atoms with Crippen molar-refractivity contribution in [2.75, 3.05) is 0 Å². The molecule has 2 saturated carbocycles. The second-order valence-corrected chi connectivity index (χ2v) is 11.4. The van der Waals surface area contributed by atoms with Gasteiger partial charge in [-0.3, -0.25) is 14.4 Å². The molecule has 0 bridgehead atoms. The maximum absolute atomic E-state index is 12.1. The van der Waals surface area contributed by atoms with Crippen LogP contribution in [0.25, 0.3) is 0 Å². The van der Waals surface area contributed by atoms with Crippen LogP contribution >= 0.6 is 0 Å². The summed E-state index contributed by atoms with van der Waals surface area (Å²) in [6.07, 6.45) is 1.87. The Hall–Kier alpha value is -2.61. The number of hydrogen-bond donors (Lipinski definition) is 2. The summed E-state index contributed by atoms with van der Waals surface area (Å²) in [7, 11) is 0. The van der Waals surface area contributed by atoms with Crippen molar-refractivity contribution in [1.29, 1.82) is 0 Å². The third kappa shape index (κ3) is 3.63. The molecule has 1 aliphatic heterocycles. The van der Waals surface area contributed by atoms with Crippen molar-refractivity contribution < 1.29 is 38.8 Å². The van der Waals surface area contributed by atoms with E-state index in [1.54, 1.807) is 0 Å². The lowest BCUT2D eigenvalue weighted by atomic mass is 9.43. The molecule has 2 fully saturated rings. The second kappa shape index (κ2) is 8.50. The maximum Gasteiger partial charge on any atom is 0.303 e. The number of phenols is 1. The summed E-state index contributed by atoms with van der Waals surface area (Å²) in [5.41, 5.74) is -0.763. The molecule has 6 atom stereocenters. The van der Waals surface area contributed by atoms with Gasteiger partial charge in [0.25, 0.3) is 0 Å². The summed E-state index contributed by atoms with van der Waals surface area (Å²) in [4.78, 5) is 36.1. The van der Waals surface area contributed by atoms with Gasteiger partial charge in [0.2, 0.25) is 0 Å². The molecule has 192 valence electrons. The average Bonchev–Trinajstić information content (AvgIpc) is 3.17. The second-order valence-electron chi connectivity index (χ2n) is 11.4. The Morgan fingerprint density at radius 2 is 1.83 bits per heavy atom. The van der Waals surface area contributed by atoms with Crippen LogP contribution in [0.2, 0.25) is 0 Å². The third-order valence-corrected chi connectivity index (χ3v) is 9.12. The normalized spacial score (nSPS) is 34.9. The molecule has 1 heterocycles. The van der Waals surface area contributed by atoms with Crippen LogP contribution < -0.4 is 4.74 Å². The highest BCUT2D eigenvalue weighted by molar-refractivity contribution is 5.84. The van der Waals surface area contributed by atoms with E-state index in [4.69, 9.17) is 14.2 Å². The highest BCUT2D eigenvalue weighted by Gasteiger charge is 2.70. The Morgan fingerprint density at radius 3 is 2.40 bits per heavy atom. The molecule has 0 amide bonds. The first-order valence-electron chi connectivity index (χ1n) is 12.3. The Kier molecular flexibility index (Phi) is 6.19. The van der Waals surface area contributed by atoms with Gasteiger partial charge in [-0.25, -0.2) is 0 Å². The molecule has 3 aliphatic rings. The van der Waals surface area contributed by atoms with Crippen LogP contribution in [0.1, 0.15) is 82.3 Å². The predicted octanol–water partition coefficient (Wildman–Crippen LogP) is 3.72. The van der Waals surface area contributed by atoms with Gasteiger partial charge in [-0.15, -0.1) is 0 Å². The van der Waals surface area contributed by atoms with E-state index >= 15 is 0 Å². The number of rotatable bonds is 4. The number of fused-ring (bicyclic) bond motifs is 3. The number of aldehydes is 1. The summed E-state index contributed by atoms with van der Waals surface area (Å²) >= 11 is 0. The van der Waals surface area contributed by atoms with Crippen molar-refractivity contribution in [1.82, 2.24) is 0 Å². The molecule has 0 unspecified atom stereocenters. The largest absolute Gasteiger partial charge is 0.508 e. The third-order valence-electron chi connectivity index (χ3n) is 9.12. The summed E-state index contributed by atoms with van der Waals surface area (Å²) in [6.45, 7) is 10.6. The van der Waals surface area contributed by atoms with Crippen LogP contribution in [0.4, 0.5) is 0 Å². The Labute approximate surface area is 205 Å². The first-order chi connectivity index (χ1) is 16.3. The van der Waals surface area contributed by atoms with Crippen LogP contribution in [0.15, 0.2) is 6.07 Å². The molecule has 0 aromatic heterocycles. The standard InChI is InChI=1S/C27H36O8/c1-14-7-8-22-25(4,5)24(34-16(3)31)21(33-15(2)30)11-26(22,6)27(14)10-18-20(32)9-17(12-28)19(13-29)23(18)35-27/h9,13-14,21-22,24,28,32H,7-8,10-12H2,1-6H3/t14-,21-,22+,24-,26+,27-/m1/s1. The minimum absolute atomic E-state index is 0.00570. The summed E-state index contributed by atoms with van der Waals surface area (Å²) in [6, 6.07) is 1.43. The minimum Gasteiger partial charge on any atom is -0.508 e. The molecular weight excluding hydrogens is 452 g/mol. The van der Waals surface area contributed by atoms with Crippen molar-refractivity contribution in [3.8, 4) is 11.5 Å². The van der Waals surface area contributed by atoms with Crippen molar-refractivity contribution in [3.63, 3.8) is 0 Å². The van der Waals surface area contributed by atoms with E-state index in [1.807, 2.05) is 13.8 Å². The van der Waals surface area contributed by atoms with Gasteiger partial charge in [0.1, 0.15) is 29.3 Å². The lowest BCUT2D eigenvalue weighted by Gasteiger charge is -2.65. The SMILES string of the molecule is CC(=O)O[C@@H]1[C@H](OC(C)=O)C[C@@]2(C)[C@@H](CC[C@@H](C)[C@]23Cc2c(O)cc(CO)c(C=O)c2O3)C1(C)C. The van der Waals surface area contributed by atoms with E-state index in [0.29, 0.717) is 36.0 Å². The van der Waals surface area contributed by atoms with Gasteiger partial charge in [0, 0.05) is 36.7 Å². The van der Waals surface area contributed by atoms with Gasteiger partial charge in [0.05, 0.1) is 12.2 Å². The first-order valence-corrected chi connectivity index (χ1v) is 12.3. The van der Waals surface area contributed by atoms with Crippen molar-refractivity contribution >= 4 is 18.2 Å². The molecule has 2 aliphatic carbocycles. The molecule has 0 radical (unpaired) electrons. The van der Waals surface area contributed by atoms with Crippen LogP contribution in [0, 0.1) is 22.7 Å². The molecule has 4 rings (SSSR count). The number of esters is 2.